The third-order valence-corrected chi connectivity index (χ3v) is 6.49. The summed E-state index contributed by atoms with van der Waals surface area (Å²) in [5.41, 5.74) is 6.23. The van der Waals surface area contributed by atoms with E-state index in [2.05, 4.69) is 74.2 Å². The van der Waals surface area contributed by atoms with Crippen molar-refractivity contribution in [3.05, 3.63) is 53.1 Å². The number of pyridine rings is 2. The number of nitrogens with zero attached hydrogens (tertiary/aromatic N) is 4. The molecule has 0 saturated carbocycles. The molecule has 0 unspecified atom stereocenters. The molecule has 0 aliphatic carbocycles. The lowest BCUT2D eigenvalue weighted by atomic mass is 9.99. The van der Waals surface area contributed by atoms with Gasteiger partial charge in [0, 0.05) is 25.2 Å². The van der Waals surface area contributed by atoms with Crippen molar-refractivity contribution in [2.45, 2.75) is 58.5 Å². The van der Waals surface area contributed by atoms with Crippen LogP contribution >= 0.6 is 11.6 Å². The van der Waals surface area contributed by atoms with Gasteiger partial charge in [-0.15, -0.1) is 0 Å². The molecule has 0 saturated heterocycles. The van der Waals surface area contributed by atoms with Gasteiger partial charge in [0.15, 0.2) is 0 Å². The van der Waals surface area contributed by atoms with E-state index in [0.29, 0.717) is 17.5 Å². The monoisotopic (exact) mass is 428 g/mol. The fourth-order valence-corrected chi connectivity index (χ4v) is 4.24. The van der Waals surface area contributed by atoms with Gasteiger partial charge in [-0.05, 0) is 70.7 Å². The molecular weight excluding hydrogens is 396 g/mol. The summed E-state index contributed by atoms with van der Waals surface area (Å²) in [6.07, 6.45) is 5.85. The second-order valence-electron chi connectivity index (χ2n) is 9.29. The van der Waals surface area contributed by atoms with Crippen LogP contribution in [0.1, 0.15) is 51.4 Å². The van der Waals surface area contributed by atoms with Crippen molar-refractivity contribution in [3.63, 3.8) is 0 Å². The highest BCUT2D eigenvalue weighted by atomic mass is 35.5. The number of hydrogen-bond acceptors (Lipinski definition) is 5. The van der Waals surface area contributed by atoms with E-state index in [1.807, 2.05) is 25.4 Å². The quantitative estimate of drug-likeness (QED) is 0.485. The number of rotatable bonds is 3. The molecule has 2 aliphatic rings. The predicted octanol–water partition coefficient (Wildman–Crippen LogP) is 5.37. The molecule has 2 aliphatic heterocycles. The van der Waals surface area contributed by atoms with Gasteiger partial charge in [0.1, 0.15) is 16.6 Å². The Kier molecular flexibility index (Phi) is 6.06. The summed E-state index contributed by atoms with van der Waals surface area (Å²) in [5.74, 6) is 0.655. The first-order valence-electron chi connectivity index (χ1n) is 10.4. The van der Waals surface area contributed by atoms with Gasteiger partial charge in [0.05, 0.1) is 30.4 Å². The van der Waals surface area contributed by atoms with Crippen molar-refractivity contribution in [1.29, 1.82) is 0 Å². The minimum atomic E-state index is 0.162. The maximum Gasteiger partial charge on any atom is 0.137 e. The third-order valence-electron chi connectivity index (χ3n) is 6.29. The van der Waals surface area contributed by atoms with Crippen LogP contribution in [0.5, 0.6) is 0 Å². The number of hydrogen-bond donors (Lipinski definition) is 0. The average molecular weight is 429 g/mol. The molecule has 6 heteroatoms. The number of fused-ring (bicyclic) bond motifs is 2. The van der Waals surface area contributed by atoms with Gasteiger partial charge in [-0.25, -0.2) is 4.98 Å². The number of halogens is 1. The molecule has 0 atom stereocenters. The first kappa shape index (κ1) is 22.4. The molecule has 0 aromatic carbocycles. The van der Waals surface area contributed by atoms with Crippen molar-refractivity contribution in [2.75, 3.05) is 30.5 Å². The van der Waals surface area contributed by atoms with Crippen LogP contribution < -0.4 is 9.80 Å². The lowest BCUT2D eigenvalue weighted by molar-refractivity contribution is 0.298. The van der Waals surface area contributed by atoms with E-state index < -0.39 is 0 Å². The molecule has 4 heterocycles. The maximum atomic E-state index is 5.83. The third kappa shape index (κ3) is 4.27. The number of ether oxygens (including phenoxy) is 1. The summed E-state index contributed by atoms with van der Waals surface area (Å²) >= 11 is 5.83. The summed E-state index contributed by atoms with van der Waals surface area (Å²) in [6.45, 7) is 15.4. The zero-order chi connectivity index (χ0) is 22.3. The van der Waals surface area contributed by atoms with Crippen molar-refractivity contribution in [3.8, 4) is 0 Å². The number of anilines is 2. The molecule has 162 valence electrons. The Morgan fingerprint density at radius 1 is 1.00 bits per heavy atom. The minimum absolute atomic E-state index is 0.162. The highest BCUT2D eigenvalue weighted by molar-refractivity contribution is 6.29. The van der Waals surface area contributed by atoms with E-state index in [1.54, 1.807) is 0 Å². The van der Waals surface area contributed by atoms with E-state index >= 15 is 0 Å². The molecule has 0 amide bonds. The standard InChI is InChI=1S/C14H20N2O.C10H13ClN2/c1-6-17-10(2)12-7-11-8-14(3,4)16(5)13(11)9-15-12;1-10(2)5-7-4-9(11)12-6-8(7)13(10)3/h7,9H,2,6,8H2,1,3-5H3;4,6H,5H2,1-3H3. The van der Waals surface area contributed by atoms with E-state index in [-0.39, 0.29) is 11.1 Å². The average Bonchev–Trinajstić information content (AvgIpc) is 3.03. The molecule has 0 fully saturated rings. The van der Waals surface area contributed by atoms with E-state index in [0.717, 1.165) is 18.5 Å². The van der Waals surface area contributed by atoms with Crippen LogP contribution in [0.3, 0.4) is 0 Å². The molecule has 5 nitrogen and oxygen atoms in total. The number of likely N-dealkylation sites (N-methyl/N-ethyl adjacent to an activating group) is 2. The van der Waals surface area contributed by atoms with Crippen LogP contribution in [-0.2, 0) is 17.6 Å². The fourth-order valence-electron chi connectivity index (χ4n) is 4.06. The van der Waals surface area contributed by atoms with Crippen molar-refractivity contribution < 1.29 is 4.74 Å². The lowest BCUT2D eigenvalue weighted by Crippen LogP contribution is -2.37. The molecule has 30 heavy (non-hydrogen) atoms. The number of aromatic nitrogens is 2. The topological polar surface area (TPSA) is 41.5 Å². The van der Waals surface area contributed by atoms with Crippen LogP contribution in [0.15, 0.2) is 31.1 Å². The largest absolute Gasteiger partial charge is 0.492 e. The fraction of sp³-hybridized carbons (Fsp3) is 0.500. The zero-order valence-electron chi connectivity index (χ0n) is 19.2. The van der Waals surface area contributed by atoms with Crippen LogP contribution in [0, 0.1) is 0 Å². The van der Waals surface area contributed by atoms with Crippen molar-refractivity contribution in [2.24, 2.45) is 0 Å². The predicted molar refractivity (Wildman–Crippen MR) is 127 cm³/mol. The summed E-state index contributed by atoms with van der Waals surface area (Å²) < 4.78 is 5.40. The van der Waals surface area contributed by atoms with E-state index in [4.69, 9.17) is 16.3 Å². The van der Waals surface area contributed by atoms with Gasteiger partial charge in [-0.2, -0.15) is 0 Å². The normalized spacial score (nSPS) is 17.7. The second kappa shape index (κ2) is 8.10. The molecule has 0 N–H and O–H groups in total. The van der Waals surface area contributed by atoms with E-state index in [9.17, 15) is 0 Å². The maximum absolute atomic E-state index is 5.83. The first-order chi connectivity index (χ1) is 14.0. The Labute approximate surface area is 185 Å². The highest BCUT2D eigenvalue weighted by Gasteiger charge is 2.34. The second-order valence-corrected chi connectivity index (χ2v) is 9.67. The first-order valence-corrected chi connectivity index (χ1v) is 10.8. The Morgan fingerprint density at radius 2 is 1.50 bits per heavy atom. The van der Waals surface area contributed by atoms with E-state index in [1.165, 1.54) is 22.5 Å². The smallest absolute Gasteiger partial charge is 0.137 e. The molecular formula is C24H33ClN4O. The summed E-state index contributed by atoms with van der Waals surface area (Å²) in [7, 11) is 4.21. The van der Waals surface area contributed by atoms with Crippen LogP contribution in [0.25, 0.3) is 5.76 Å². The lowest BCUT2D eigenvalue weighted by Gasteiger charge is -2.29. The zero-order valence-corrected chi connectivity index (χ0v) is 20.0. The molecule has 2 aromatic rings. The van der Waals surface area contributed by atoms with Gasteiger partial charge in [-0.3, -0.25) is 4.98 Å². The van der Waals surface area contributed by atoms with Gasteiger partial charge in [0.25, 0.3) is 0 Å². The molecule has 0 radical (unpaired) electrons. The SMILES string of the molecule is C=C(OCC)c1cc2c(cn1)N(C)C(C)(C)C2.CN1c2cnc(Cl)cc2CC1(C)C. The Balaban J connectivity index is 0.000000177. The molecule has 4 rings (SSSR count). The van der Waals surface area contributed by atoms with Crippen LogP contribution in [0.4, 0.5) is 11.4 Å². The summed E-state index contributed by atoms with van der Waals surface area (Å²) in [6, 6.07) is 4.06. The molecule has 0 spiro atoms. The molecule has 0 bridgehead atoms. The Morgan fingerprint density at radius 3 is 2.03 bits per heavy atom. The van der Waals surface area contributed by atoms with Gasteiger partial charge in [0.2, 0.25) is 0 Å². The van der Waals surface area contributed by atoms with Gasteiger partial charge in [-0.1, -0.05) is 18.2 Å². The minimum Gasteiger partial charge on any atom is -0.492 e. The Bertz CT molecular complexity index is 954. The van der Waals surface area contributed by atoms with Crippen LogP contribution in [-0.4, -0.2) is 41.7 Å². The summed E-state index contributed by atoms with van der Waals surface area (Å²) in [4.78, 5) is 13.0. The molecule has 2 aromatic heterocycles. The van der Waals surface area contributed by atoms with Gasteiger partial charge < -0.3 is 14.5 Å². The highest BCUT2D eigenvalue weighted by Crippen LogP contribution is 2.38. The van der Waals surface area contributed by atoms with Crippen LogP contribution in [0.2, 0.25) is 5.15 Å². The van der Waals surface area contributed by atoms with Gasteiger partial charge >= 0.3 is 0 Å². The Hall–Kier alpha value is -2.27. The van der Waals surface area contributed by atoms with Crippen molar-refractivity contribution >= 4 is 28.7 Å². The summed E-state index contributed by atoms with van der Waals surface area (Å²) in [5, 5.41) is 0.588. The van der Waals surface area contributed by atoms with Crippen molar-refractivity contribution in [1.82, 2.24) is 9.97 Å².